The molecule has 0 aliphatic rings. The Morgan fingerprint density at radius 3 is 2.00 bits per heavy atom. The van der Waals surface area contributed by atoms with E-state index in [-0.39, 0.29) is 5.91 Å². The smallest absolute Gasteiger partial charge is 0.228 e. The zero-order valence-corrected chi connectivity index (χ0v) is 15.2. The van der Waals surface area contributed by atoms with Crippen molar-refractivity contribution < 1.29 is 4.79 Å². The van der Waals surface area contributed by atoms with Crippen molar-refractivity contribution in [2.24, 2.45) is 5.73 Å². The second kappa shape index (κ2) is 7.77. The molecule has 0 spiro atoms. The highest BCUT2D eigenvalue weighted by atomic mass is 16.1. The maximum atomic E-state index is 12.7. The summed E-state index contributed by atoms with van der Waals surface area (Å²) >= 11 is 0. The Kier molecular flexibility index (Phi) is 5.97. The minimum Gasteiger partial charge on any atom is -0.369 e. The molecule has 0 unspecified atom stereocenters. The Morgan fingerprint density at radius 2 is 1.46 bits per heavy atom. The van der Waals surface area contributed by atoms with E-state index in [2.05, 4.69) is 34.1 Å². The molecule has 2 aromatic rings. The minimum absolute atomic E-state index is 0.234. The molecule has 4 heteroatoms. The van der Waals surface area contributed by atoms with Crippen LogP contribution in [-0.2, 0) is 10.2 Å². The second-order valence-electron chi connectivity index (χ2n) is 7.08. The van der Waals surface area contributed by atoms with Crippen molar-refractivity contribution in [1.82, 2.24) is 9.80 Å². The van der Waals surface area contributed by atoms with Gasteiger partial charge in [0.25, 0.3) is 0 Å². The van der Waals surface area contributed by atoms with E-state index in [1.54, 1.807) is 0 Å². The Balaban J connectivity index is 2.59. The third-order valence-corrected chi connectivity index (χ3v) is 4.75. The SMILES string of the molecule is CN(C)CCC(CCN(C)C)(C(N)=O)c1cccc2ccccc12. The molecule has 0 radical (unpaired) electrons. The quantitative estimate of drug-likeness (QED) is 0.810. The van der Waals surface area contributed by atoms with E-state index >= 15 is 0 Å². The normalized spacial score (nSPS) is 12.2. The van der Waals surface area contributed by atoms with Crippen LogP contribution in [0.2, 0.25) is 0 Å². The van der Waals surface area contributed by atoms with Gasteiger partial charge in [0.1, 0.15) is 0 Å². The molecule has 2 aromatic carbocycles. The summed E-state index contributed by atoms with van der Waals surface area (Å²) in [5, 5.41) is 2.27. The van der Waals surface area contributed by atoms with Gasteiger partial charge in [0.2, 0.25) is 5.91 Å². The van der Waals surface area contributed by atoms with Crippen LogP contribution in [0.15, 0.2) is 42.5 Å². The van der Waals surface area contributed by atoms with Gasteiger partial charge in [0.15, 0.2) is 0 Å². The molecule has 0 heterocycles. The number of carbonyl (C=O) groups excluding carboxylic acids is 1. The van der Waals surface area contributed by atoms with Crippen LogP contribution in [-0.4, -0.2) is 57.0 Å². The van der Waals surface area contributed by atoms with E-state index in [0.29, 0.717) is 0 Å². The lowest BCUT2D eigenvalue weighted by molar-refractivity contribution is -0.124. The molecule has 0 saturated carbocycles. The first-order valence-corrected chi connectivity index (χ1v) is 8.44. The summed E-state index contributed by atoms with van der Waals surface area (Å²) in [6, 6.07) is 14.4. The maximum Gasteiger partial charge on any atom is 0.228 e. The first-order chi connectivity index (χ1) is 11.4. The molecule has 2 N–H and O–H groups in total. The monoisotopic (exact) mass is 327 g/mol. The van der Waals surface area contributed by atoms with Crippen LogP contribution in [0.3, 0.4) is 0 Å². The molecule has 24 heavy (non-hydrogen) atoms. The first-order valence-electron chi connectivity index (χ1n) is 8.44. The standard InChI is InChI=1S/C20H29N3O/c1-22(2)14-12-20(19(21)24,13-15-23(3)4)18-11-7-9-16-8-5-6-10-17(16)18/h5-11H,12-15H2,1-4H3,(H2,21,24). The fourth-order valence-electron chi connectivity index (χ4n) is 3.25. The van der Waals surface area contributed by atoms with E-state index in [0.717, 1.165) is 42.3 Å². The van der Waals surface area contributed by atoms with Gasteiger partial charge in [0.05, 0.1) is 5.41 Å². The van der Waals surface area contributed by atoms with Gasteiger partial charge in [-0.1, -0.05) is 42.5 Å². The van der Waals surface area contributed by atoms with Crippen molar-refractivity contribution in [1.29, 1.82) is 0 Å². The van der Waals surface area contributed by atoms with Gasteiger partial charge >= 0.3 is 0 Å². The van der Waals surface area contributed by atoms with Crippen molar-refractivity contribution in [3.8, 4) is 0 Å². The average Bonchev–Trinajstić information content (AvgIpc) is 2.54. The number of hydrogen-bond donors (Lipinski definition) is 1. The van der Waals surface area contributed by atoms with Gasteiger partial charge in [-0.25, -0.2) is 0 Å². The molecular weight excluding hydrogens is 298 g/mol. The number of fused-ring (bicyclic) bond motifs is 1. The topological polar surface area (TPSA) is 49.6 Å². The van der Waals surface area contributed by atoms with E-state index in [1.807, 2.05) is 46.4 Å². The molecule has 0 fully saturated rings. The molecule has 4 nitrogen and oxygen atoms in total. The van der Waals surface area contributed by atoms with Crippen molar-refractivity contribution in [2.45, 2.75) is 18.3 Å². The molecular formula is C20H29N3O. The third-order valence-electron chi connectivity index (χ3n) is 4.75. The van der Waals surface area contributed by atoms with Crippen LogP contribution >= 0.6 is 0 Å². The number of carbonyl (C=O) groups is 1. The predicted octanol–water partition coefficient (Wildman–Crippen LogP) is 2.47. The number of nitrogens with zero attached hydrogens (tertiary/aromatic N) is 2. The summed E-state index contributed by atoms with van der Waals surface area (Å²) in [5.41, 5.74) is 6.39. The summed E-state index contributed by atoms with van der Waals surface area (Å²) in [6.45, 7) is 1.64. The van der Waals surface area contributed by atoms with E-state index in [9.17, 15) is 4.79 Å². The fraction of sp³-hybridized carbons (Fsp3) is 0.450. The largest absolute Gasteiger partial charge is 0.369 e. The Morgan fingerprint density at radius 1 is 0.917 bits per heavy atom. The minimum atomic E-state index is -0.657. The molecule has 0 aromatic heterocycles. The average molecular weight is 327 g/mol. The lowest BCUT2D eigenvalue weighted by Gasteiger charge is -2.34. The number of hydrogen-bond acceptors (Lipinski definition) is 3. The Hall–Kier alpha value is -1.91. The van der Waals surface area contributed by atoms with Crippen LogP contribution < -0.4 is 5.73 Å². The number of benzene rings is 2. The van der Waals surface area contributed by atoms with Gasteiger partial charge < -0.3 is 15.5 Å². The van der Waals surface area contributed by atoms with Gasteiger partial charge in [-0.2, -0.15) is 0 Å². The van der Waals surface area contributed by atoms with E-state index in [4.69, 9.17) is 5.73 Å². The van der Waals surface area contributed by atoms with Gasteiger partial charge in [-0.05, 0) is 70.5 Å². The molecule has 0 bridgehead atoms. The number of amides is 1. The summed E-state index contributed by atoms with van der Waals surface area (Å²) in [7, 11) is 8.11. The summed E-state index contributed by atoms with van der Waals surface area (Å²) < 4.78 is 0. The lowest BCUT2D eigenvalue weighted by Crippen LogP contribution is -2.45. The van der Waals surface area contributed by atoms with Gasteiger partial charge in [0, 0.05) is 0 Å². The van der Waals surface area contributed by atoms with Crippen molar-refractivity contribution in [3.05, 3.63) is 48.0 Å². The maximum absolute atomic E-state index is 12.7. The predicted molar refractivity (Wildman–Crippen MR) is 101 cm³/mol. The van der Waals surface area contributed by atoms with Crippen molar-refractivity contribution in [3.63, 3.8) is 0 Å². The first kappa shape index (κ1) is 18.4. The molecule has 0 atom stereocenters. The molecule has 130 valence electrons. The van der Waals surface area contributed by atoms with Crippen LogP contribution in [0.25, 0.3) is 10.8 Å². The summed E-state index contributed by atoms with van der Waals surface area (Å²) in [6.07, 6.45) is 1.44. The highest BCUT2D eigenvalue weighted by Crippen LogP contribution is 2.36. The third kappa shape index (κ3) is 3.94. The number of nitrogens with two attached hydrogens (primary N) is 1. The Labute approximate surface area is 145 Å². The molecule has 0 saturated heterocycles. The van der Waals surface area contributed by atoms with Crippen LogP contribution in [0.4, 0.5) is 0 Å². The van der Waals surface area contributed by atoms with Crippen LogP contribution in [0, 0.1) is 0 Å². The highest BCUT2D eigenvalue weighted by molar-refractivity contribution is 5.95. The second-order valence-corrected chi connectivity index (χ2v) is 7.08. The van der Waals surface area contributed by atoms with Gasteiger partial charge in [-0.3, -0.25) is 4.79 Å². The van der Waals surface area contributed by atoms with E-state index < -0.39 is 5.41 Å². The summed E-state index contributed by atoms with van der Waals surface area (Å²) in [4.78, 5) is 16.9. The van der Waals surface area contributed by atoms with Crippen molar-refractivity contribution >= 4 is 16.7 Å². The van der Waals surface area contributed by atoms with E-state index in [1.165, 1.54) is 0 Å². The van der Waals surface area contributed by atoms with Gasteiger partial charge in [-0.15, -0.1) is 0 Å². The molecule has 1 amide bonds. The zero-order valence-electron chi connectivity index (χ0n) is 15.2. The molecule has 0 aliphatic carbocycles. The number of primary amides is 1. The Bertz CT molecular complexity index is 677. The highest BCUT2D eigenvalue weighted by Gasteiger charge is 2.39. The zero-order chi connectivity index (χ0) is 17.7. The molecule has 2 rings (SSSR count). The lowest BCUT2D eigenvalue weighted by atomic mass is 9.72. The summed E-state index contributed by atoms with van der Waals surface area (Å²) in [5.74, 6) is -0.234. The molecule has 0 aliphatic heterocycles. The fourth-order valence-corrected chi connectivity index (χ4v) is 3.25. The van der Waals surface area contributed by atoms with Crippen LogP contribution in [0.5, 0.6) is 0 Å². The number of rotatable bonds is 8. The van der Waals surface area contributed by atoms with Crippen LogP contribution in [0.1, 0.15) is 18.4 Å². The van der Waals surface area contributed by atoms with Crippen molar-refractivity contribution in [2.75, 3.05) is 41.3 Å².